The van der Waals surface area contributed by atoms with Crippen LogP contribution in [0.2, 0.25) is 0 Å². The number of nitrogens with zero attached hydrogens (tertiary/aromatic N) is 1. The van der Waals surface area contributed by atoms with E-state index in [1.165, 1.54) is 36.9 Å². The third kappa shape index (κ3) is 4.42. The van der Waals surface area contributed by atoms with E-state index in [1.807, 2.05) is 12.3 Å². The molecular weight excluding hydrogens is 254 g/mol. The first-order valence-corrected chi connectivity index (χ1v) is 8.10. The molecule has 1 heterocycles. The minimum absolute atomic E-state index is 0.163. The van der Waals surface area contributed by atoms with E-state index in [0.717, 1.165) is 0 Å². The van der Waals surface area contributed by atoms with Gasteiger partial charge in [0, 0.05) is 17.3 Å². The second-order valence-electron chi connectivity index (χ2n) is 6.51. The molecule has 0 amide bonds. The number of hydrogen-bond acceptors (Lipinski definition) is 1. The van der Waals surface area contributed by atoms with Gasteiger partial charge in [0.05, 0.1) is 0 Å². The lowest BCUT2D eigenvalue weighted by molar-refractivity contribution is 0.422. The summed E-state index contributed by atoms with van der Waals surface area (Å²) >= 11 is 0. The molecule has 2 rings (SSSR count). The second-order valence-corrected chi connectivity index (χ2v) is 6.51. The van der Waals surface area contributed by atoms with Gasteiger partial charge >= 0.3 is 0 Å². The fourth-order valence-corrected chi connectivity index (χ4v) is 3.01. The van der Waals surface area contributed by atoms with Gasteiger partial charge in [-0.3, -0.25) is 4.98 Å². The standard InChI is InChI=1S/C20H27N/c1-4-17(18-11-6-5-7-12-18)13-10-15-20(2,3)19-14-8-9-16-21-19/h5-9,11-12,14,16-17H,4,10,13,15H2,1-3H3. The molecule has 1 aromatic heterocycles. The lowest BCUT2D eigenvalue weighted by Crippen LogP contribution is -2.18. The molecule has 0 N–H and O–H groups in total. The molecule has 0 aliphatic carbocycles. The zero-order valence-electron chi connectivity index (χ0n) is 13.5. The van der Waals surface area contributed by atoms with Crippen LogP contribution in [0.15, 0.2) is 54.7 Å². The Kier molecular flexibility index (Phi) is 5.55. The van der Waals surface area contributed by atoms with E-state index in [9.17, 15) is 0 Å². The third-order valence-electron chi connectivity index (χ3n) is 4.48. The molecule has 1 heteroatoms. The van der Waals surface area contributed by atoms with Crippen LogP contribution in [0.3, 0.4) is 0 Å². The van der Waals surface area contributed by atoms with Gasteiger partial charge < -0.3 is 0 Å². The molecule has 1 nitrogen and oxygen atoms in total. The molecule has 0 saturated heterocycles. The summed E-state index contributed by atoms with van der Waals surface area (Å²) < 4.78 is 0. The molecule has 1 atom stereocenters. The number of hydrogen-bond donors (Lipinski definition) is 0. The quantitative estimate of drug-likeness (QED) is 0.632. The molecule has 0 fully saturated rings. The molecule has 0 saturated carbocycles. The smallest absolute Gasteiger partial charge is 0.0459 e. The summed E-state index contributed by atoms with van der Waals surface area (Å²) in [6.07, 6.45) is 6.81. The predicted molar refractivity (Wildman–Crippen MR) is 90.6 cm³/mol. The van der Waals surface area contributed by atoms with Crippen LogP contribution in [0.5, 0.6) is 0 Å². The van der Waals surface area contributed by atoms with Crippen LogP contribution in [0, 0.1) is 0 Å². The summed E-state index contributed by atoms with van der Waals surface area (Å²) in [5.74, 6) is 0.686. The van der Waals surface area contributed by atoms with Crippen LogP contribution in [-0.4, -0.2) is 4.98 Å². The summed E-state index contributed by atoms with van der Waals surface area (Å²) in [6.45, 7) is 6.90. The molecule has 1 unspecified atom stereocenters. The van der Waals surface area contributed by atoms with E-state index >= 15 is 0 Å². The summed E-state index contributed by atoms with van der Waals surface area (Å²) in [5, 5.41) is 0. The zero-order chi connectivity index (χ0) is 15.1. The van der Waals surface area contributed by atoms with Crippen LogP contribution in [-0.2, 0) is 5.41 Å². The normalized spacial score (nSPS) is 13.1. The number of aromatic nitrogens is 1. The largest absolute Gasteiger partial charge is 0.261 e. The predicted octanol–water partition coefficient (Wildman–Crippen LogP) is 5.72. The lowest BCUT2D eigenvalue weighted by atomic mass is 9.81. The highest BCUT2D eigenvalue weighted by Crippen LogP contribution is 2.31. The van der Waals surface area contributed by atoms with E-state index in [1.54, 1.807) is 0 Å². The number of rotatable bonds is 7. The lowest BCUT2D eigenvalue weighted by Gasteiger charge is -2.25. The highest BCUT2D eigenvalue weighted by molar-refractivity contribution is 5.19. The molecule has 0 spiro atoms. The Labute approximate surface area is 129 Å². The molecule has 21 heavy (non-hydrogen) atoms. The molecular formula is C20H27N. The van der Waals surface area contributed by atoms with Crippen LogP contribution in [0.4, 0.5) is 0 Å². The van der Waals surface area contributed by atoms with Gasteiger partial charge in [0.15, 0.2) is 0 Å². The molecule has 0 bridgehead atoms. The van der Waals surface area contributed by atoms with Gasteiger partial charge in [-0.15, -0.1) is 0 Å². The molecule has 0 aliphatic rings. The van der Waals surface area contributed by atoms with Crippen molar-refractivity contribution in [3.63, 3.8) is 0 Å². The van der Waals surface area contributed by atoms with Crippen LogP contribution in [0.25, 0.3) is 0 Å². The maximum atomic E-state index is 4.53. The molecule has 0 radical (unpaired) electrons. The van der Waals surface area contributed by atoms with Crippen molar-refractivity contribution in [1.29, 1.82) is 0 Å². The van der Waals surface area contributed by atoms with E-state index in [-0.39, 0.29) is 5.41 Å². The van der Waals surface area contributed by atoms with Gasteiger partial charge in [-0.2, -0.15) is 0 Å². The first-order chi connectivity index (χ1) is 10.1. The minimum atomic E-state index is 0.163. The van der Waals surface area contributed by atoms with Crippen molar-refractivity contribution in [3.05, 3.63) is 66.0 Å². The zero-order valence-corrected chi connectivity index (χ0v) is 13.5. The van der Waals surface area contributed by atoms with Gasteiger partial charge in [0.25, 0.3) is 0 Å². The first kappa shape index (κ1) is 15.8. The average molecular weight is 281 g/mol. The number of pyridine rings is 1. The highest BCUT2D eigenvalue weighted by atomic mass is 14.7. The highest BCUT2D eigenvalue weighted by Gasteiger charge is 2.22. The third-order valence-corrected chi connectivity index (χ3v) is 4.48. The molecule has 2 aromatic rings. The van der Waals surface area contributed by atoms with Gasteiger partial charge in [-0.05, 0) is 42.9 Å². The topological polar surface area (TPSA) is 12.9 Å². The van der Waals surface area contributed by atoms with Gasteiger partial charge in [-0.25, -0.2) is 0 Å². The van der Waals surface area contributed by atoms with Crippen molar-refractivity contribution >= 4 is 0 Å². The Morgan fingerprint density at radius 2 is 1.71 bits per heavy atom. The van der Waals surface area contributed by atoms with Crippen LogP contribution in [0.1, 0.15) is 63.6 Å². The molecule has 1 aromatic carbocycles. The van der Waals surface area contributed by atoms with Crippen molar-refractivity contribution in [1.82, 2.24) is 4.98 Å². The Morgan fingerprint density at radius 1 is 1.00 bits per heavy atom. The van der Waals surface area contributed by atoms with E-state index in [0.29, 0.717) is 5.92 Å². The minimum Gasteiger partial charge on any atom is -0.261 e. The summed E-state index contributed by atoms with van der Waals surface area (Å²) in [7, 11) is 0. The molecule has 112 valence electrons. The van der Waals surface area contributed by atoms with Crippen molar-refractivity contribution in [2.45, 2.75) is 57.8 Å². The van der Waals surface area contributed by atoms with E-state index in [2.05, 4.69) is 68.2 Å². The summed E-state index contributed by atoms with van der Waals surface area (Å²) in [4.78, 5) is 4.53. The Hall–Kier alpha value is -1.63. The maximum absolute atomic E-state index is 4.53. The van der Waals surface area contributed by atoms with Gasteiger partial charge in [-0.1, -0.05) is 63.6 Å². The van der Waals surface area contributed by atoms with Crippen molar-refractivity contribution in [3.8, 4) is 0 Å². The SMILES string of the molecule is CCC(CCCC(C)(C)c1ccccn1)c1ccccc1. The fraction of sp³-hybridized carbons (Fsp3) is 0.450. The second kappa shape index (κ2) is 7.40. The average Bonchev–Trinajstić information content (AvgIpc) is 2.53. The van der Waals surface area contributed by atoms with Crippen LogP contribution < -0.4 is 0 Å². The Balaban J connectivity index is 1.91. The first-order valence-electron chi connectivity index (χ1n) is 8.10. The Bertz CT molecular complexity index is 516. The van der Waals surface area contributed by atoms with E-state index in [4.69, 9.17) is 0 Å². The summed E-state index contributed by atoms with van der Waals surface area (Å²) in [6, 6.07) is 17.1. The van der Waals surface area contributed by atoms with Crippen LogP contribution >= 0.6 is 0 Å². The van der Waals surface area contributed by atoms with Crippen molar-refractivity contribution < 1.29 is 0 Å². The summed E-state index contributed by atoms with van der Waals surface area (Å²) in [5.41, 5.74) is 2.85. The van der Waals surface area contributed by atoms with Crippen molar-refractivity contribution in [2.75, 3.05) is 0 Å². The van der Waals surface area contributed by atoms with Crippen molar-refractivity contribution in [2.24, 2.45) is 0 Å². The Morgan fingerprint density at radius 3 is 2.33 bits per heavy atom. The number of benzene rings is 1. The van der Waals surface area contributed by atoms with Gasteiger partial charge in [0.1, 0.15) is 0 Å². The maximum Gasteiger partial charge on any atom is 0.0459 e. The van der Waals surface area contributed by atoms with Gasteiger partial charge in [0.2, 0.25) is 0 Å². The fourth-order valence-electron chi connectivity index (χ4n) is 3.01. The monoisotopic (exact) mass is 281 g/mol. The van der Waals surface area contributed by atoms with E-state index < -0.39 is 0 Å². The molecule has 0 aliphatic heterocycles.